The molecule has 256 valence electrons. The number of piperidine rings is 1. The molecule has 1 N–H and O–H groups in total. The summed E-state index contributed by atoms with van der Waals surface area (Å²) in [4.78, 5) is 58.3. The first-order valence-corrected chi connectivity index (χ1v) is 17.1. The van der Waals surface area contributed by atoms with Gasteiger partial charge in [-0.15, -0.1) is 0 Å². The number of carbonyl (C=O) groups excluding carboxylic acids is 3. The van der Waals surface area contributed by atoms with Gasteiger partial charge in [-0.2, -0.15) is 0 Å². The van der Waals surface area contributed by atoms with Crippen LogP contribution in [0.2, 0.25) is 0 Å². The Balaban J connectivity index is 1.16. The van der Waals surface area contributed by atoms with E-state index < -0.39 is 23.3 Å². The molecule has 5 heterocycles. The maximum atomic E-state index is 13.6. The van der Waals surface area contributed by atoms with Crippen molar-refractivity contribution in [1.29, 1.82) is 0 Å². The number of pyridine rings is 2. The van der Waals surface area contributed by atoms with Crippen molar-refractivity contribution >= 4 is 28.9 Å². The van der Waals surface area contributed by atoms with E-state index in [4.69, 9.17) is 19.2 Å². The van der Waals surface area contributed by atoms with E-state index in [-0.39, 0.29) is 41.6 Å². The molecule has 1 aromatic carbocycles. The van der Waals surface area contributed by atoms with Gasteiger partial charge in [-0.05, 0) is 95.0 Å². The molecule has 0 bridgehead atoms. The zero-order chi connectivity index (χ0) is 34.5. The molecular weight excluding hydrogens is 614 g/mol. The molecule has 1 saturated heterocycles. The van der Waals surface area contributed by atoms with Crippen LogP contribution in [-0.4, -0.2) is 56.3 Å². The van der Waals surface area contributed by atoms with Crippen LogP contribution in [0.5, 0.6) is 5.75 Å². The molecule has 11 heteroatoms. The zero-order valence-electron chi connectivity index (χ0n) is 28.7. The number of aromatic nitrogens is 2. The number of aliphatic hydroxyl groups is 1. The lowest BCUT2D eigenvalue weighted by molar-refractivity contribution is -0.172. The molecule has 2 atom stereocenters. The highest BCUT2D eigenvalue weighted by molar-refractivity contribution is 5.90. The highest BCUT2D eigenvalue weighted by atomic mass is 16.6. The van der Waals surface area contributed by atoms with Gasteiger partial charge in [0.15, 0.2) is 5.60 Å². The minimum Gasteiger partial charge on any atom is -0.460 e. The number of esters is 2. The summed E-state index contributed by atoms with van der Waals surface area (Å²) in [5.74, 6) is -0.224. The van der Waals surface area contributed by atoms with E-state index in [9.17, 15) is 24.3 Å². The number of nitrogens with zero attached hydrogens (tertiary/aromatic N) is 3. The topological polar surface area (TPSA) is 137 Å². The Morgan fingerprint density at radius 3 is 2.52 bits per heavy atom. The van der Waals surface area contributed by atoms with Gasteiger partial charge in [0, 0.05) is 29.6 Å². The van der Waals surface area contributed by atoms with Gasteiger partial charge in [-0.25, -0.2) is 14.6 Å². The molecule has 0 saturated carbocycles. The van der Waals surface area contributed by atoms with E-state index in [1.54, 1.807) is 28.5 Å². The SMILES string of the molecule is CCc1c2c(nc3ccc(OC(=O)N4CCC(CCC(C)C(=O)OC(C)(C)C)CC4)cc13)-c1cc3c(c(=O)n1C2)COC(=O)C3(O)CC. The molecule has 48 heavy (non-hydrogen) atoms. The summed E-state index contributed by atoms with van der Waals surface area (Å²) >= 11 is 0. The van der Waals surface area contributed by atoms with Crippen LogP contribution in [0.1, 0.15) is 95.9 Å². The molecule has 3 aliphatic heterocycles. The normalized spacial score (nSPS) is 19.7. The summed E-state index contributed by atoms with van der Waals surface area (Å²) in [6.07, 6.45) is 3.71. The minimum absolute atomic E-state index is 0.0780. The van der Waals surface area contributed by atoms with Crippen molar-refractivity contribution in [3.63, 3.8) is 0 Å². The molecule has 3 aromatic rings. The fraction of sp³-hybridized carbons (Fsp3) is 0.541. The lowest BCUT2D eigenvalue weighted by atomic mass is 9.86. The van der Waals surface area contributed by atoms with E-state index in [1.165, 1.54) is 0 Å². The number of benzene rings is 1. The van der Waals surface area contributed by atoms with Crippen molar-refractivity contribution in [2.45, 2.75) is 104 Å². The summed E-state index contributed by atoms with van der Waals surface area (Å²) in [5.41, 5.74) is 1.67. The van der Waals surface area contributed by atoms with Crippen molar-refractivity contribution in [2.75, 3.05) is 13.1 Å². The van der Waals surface area contributed by atoms with Gasteiger partial charge >= 0.3 is 18.0 Å². The standard InChI is InChI=1S/C37H45N3O8/c1-7-24-25-17-23(47-35(44)39-15-13-22(14-16-39)10-9-21(3)33(42)48-36(4,5)6)11-12-29(25)38-31-26(24)19-40-30(31)18-28-27(32(40)41)20-46-34(43)37(28,45)8-2/h11-12,17-18,21-22,45H,7-10,13-16,19-20H2,1-6H3. The highest BCUT2D eigenvalue weighted by Crippen LogP contribution is 2.41. The molecule has 1 fully saturated rings. The van der Waals surface area contributed by atoms with Gasteiger partial charge in [-0.3, -0.25) is 9.59 Å². The van der Waals surface area contributed by atoms with Gasteiger partial charge in [-0.1, -0.05) is 20.8 Å². The number of fused-ring (bicyclic) bond motifs is 5. The Morgan fingerprint density at radius 2 is 1.85 bits per heavy atom. The van der Waals surface area contributed by atoms with Gasteiger partial charge in [0.25, 0.3) is 5.56 Å². The predicted molar refractivity (Wildman–Crippen MR) is 178 cm³/mol. The number of hydrogen-bond acceptors (Lipinski definition) is 9. The second-order valence-corrected chi connectivity index (χ2v) is 14.4. The molecule has 3 aliphatic rings. The van der Waals surface area contributed by atoms with Crippen LogP contribution >= 0.6 is 0 Å². The van der Waals surface area contributed by atoms with Crippen LogP contribution in [0, 0.1) is 11.8 Å². The Labute approximate surface area is 280 Å². The number of aryl methyl sites for hydroxylation is 1. The number of ether oxygens (including phenoxy) is 3. The monoisotopic (exact) mass is 659 g/mol. The fourth-order valence-corrected chi connectivity index (χ4v) is 7.18. The number of hydrogen-bond donors (Lipinski definition) is 1. The first kappa shape index (κ1) is 33.6. The average molecular weight is 660 g/mol. The third-order valence-corrected chi connectivity index (χ3v) is 10.0. The summed E-state index contributed by atoms with van der Waals surface area (Å²) in [6, 6.07) is 7.09. The molecule has 2 unspecified atom stereocenters. The van der Waals surface area contributed by atoms with Gasteiger partial charge in [0.05, 0.1) is 34.9 Å². The number of cyclic esters (lactones) is 1. The van der Waals surface area contributed by atoms with E-state index in [1.807, 2.05) is 46.8 Å². The second-order valence-electron chi connectivity index (χ2n) is 14.4. The maximum Gasteiger partial charge on any atom is 0.415 e. The minimum atomic E-state index is -1.89. The van der Waals surface area contributed by atoms with E-state index in [0.29, 0.717) is 54.6 Å². The smallest absolute Gasteiger partial charge is 0.415 e. The van der Waals surface area contributed by atoms with Gasteiger partial charge < -0.3 is 28.8 Å². The Hall–Kier alpha value is -4.25. The lowest BCUT2D eigenvalue weighted by Gasteiger charge is -2.31. The lowest BCUT2D eigenvalue weighted by Crippen LogP contribution is -2.44. The van der Waals surface area contributed by atoms with E-state index in [0.717, 1.165) is 42.2 Å². The summed E-state index contributed by atoms with van der Waals surface area (Å²) in [7, 11) is 0. The van der Waals surface area contributed by atoms with Crippen molar-refractivity contribution < 1.29 is 33.7 Å². The summed E-state index contributed by atoms with van der Waals surface area (Å²) < 4.78 is 18.2. The molecule has 0 aliphatic carbocycles. The van der Waals surface area contributed by atoms with Crippen molar-refractivity contribution in [3.8, 4) is 17.1 Å². The quantitative estimate of drug-likeness (QED) is 0.251. The van der Waals surface area contributed by atoms with Crippen LogP contribution in [0.25, 0.3) is 22.3 Å². The number of amides is 1. The fourth-order valence-electron chi connectivity index (χ4n) is 7.18. The summed E-state index contributed by atoms with van der Waals surface area (Å²) in [5, 5.41) is 12.0. The summed E-state index contributed by atoms with van der Waals surface area (Å²) in [6.45, 7) is 12.6. The highest BCUT2D eigenvalue weighted by Gasteiger charge is 2.45. The Bertz CT molecular complexity index is 1850. The molecule has 6 rings (SSSR count). The second kappa shape index (κ2) is 12.7. The van der Waals surface area contributed by atoms with Crippen LogP contribution in [0.3, 0.4) is 0 Å². The van der Waals surface area contributed by atoms with E-state index >= 15 is 0 Å². The molecule has 2 aromatic heterocycles. The van der Waals surface area contributed by atoms with Crippen LogP contribution in [0.4, 0.5) is 4.79 Å². The largest absolute Gasteiger partial charge is 0.460 e. The predicted octanol–water partition coefficient (Wildman–Crippen LogP) is 5.61. The van der Waals surface area contributed by atoms with Crippen LogP contribution < -0.4 is 10.3 Å². The first-order chi connectivity index (χ1) is 22.7. The molecular formula is C37H45N3O8. The number of likely N-dealkylation sites (tertiary alicyclic amines) is 1. The third-order valence-electron chi connectivity index (χ3n) is 10.0. The van der Waals surface area contributed by atoms with Crippen molar-refractivity contribution in [3.05, 3.63) is 56.9 Å². The van der Waals surface area contributed by atoms with Crippen molar-refractivity contribution in [2.24, 2.45) is 11.8 Å². The Morgan fingerprint density at radius 1 is 1.12 bits per heavy atom. The first-order valence-electron chi connectivity index (χ1n) is 17.1. The molecule has 0 radical (unpaired) electrons. The van der Waals surface area contributed by atoms with Gasteiger partial charge in [0.2, 0.25) is 0 Å². The number of carbonyl (C=O) groups is 3. The molecule has 11 nitrogen and oxygen atoms in total. The van der Waals surface area contributed by atoms with Gasteiger partial charge in [0.1, 0.15) is 18.0 Å². The third kappa shape index (κ3) is 6.08. The number of rotatable bonds is 7. The zero-order valence-corrected chi connectivity index (χ0v) is 28.7. The Kier molecular flexibility index (Phi) is 8.87. The van der Waals surface area contributed by atoms with E-state index in [2.05, 4.69) is 0 Å². The molecule has 1 amide bonds. The van der Waals surface area contributed by atoms with Crippen LogP contribution in [0.15, 0.2) is 29.1 Å². The average Bonchev–Trinajstić information content (AvgIpc) is 3.42. The van der Waals surface area contributed by atoms with Crippen LogP contribution in [-0.2, 0) is 44.2 Å². The maximum absolute atomic E-state index is 13.6. The van der Waals surface area contributed by atoms with Crippen molar-refractivity contribution in [1.82, 2.24) is 14.5 Å². The molecule has 0 spiro atoms.